The van der Waals surface area contributed by atoms with Crippen molar-refractivity contribution in [2.75, 3.05) is 0 Å². The van der Waals surface area contributed by atoms with E-state index >= 15 is 0 Å². The molecule has 0 aliphatic carbocycles. The van der Waals surface area contributed by atoms with Gasteiger partial charge in [0.1, 0.15) is 0 Å². The van der Waals surface area contributed by atoms with Crippen LogP contribution < -0.4 is 0 Å². The molecule has 0 amide bonds. The van der Waals surface area contributed by atoms with Crippen LogP contribution in [0, 0.1) is 0 Å². The van der Waals surface area contributed by atoms with E-state index in [0.29, 0.717) is 12.1 Å². The molecule has 0 aliphatic rings. The Bertz CT molecular complexity index is 239. The topological polar surface area (TPSA) is 30.7 Å². The van der Waals surface area contributed by atoms with E-state index in [2.05, 4.69) is 10.3 Å². The molecule has 0 aromatic carbocycles. The molecule has 0 saturated carbocycles. The number of hydrogen-bond acceptors (Lipinski definition) is 2. The minimum absolute atomic E-state index is 0.105. The number of halogens is 3. The van der Waals surface area contributed by atoms with Crippen molar-refractivity contribution in [3.8, 4) is 0 Å². The highest BCUT2D eigenvalue weighted by Crippen LogP contribution is 2.20. The van der Waals surface area contributed by atoms with Gasteiger partial charge in [-0.25, -0.2) is 0 Å². The molecule has 0 spiro atoms. The molecule has 1 rings (SSSR count). The van der Waals surface area contributed by atoms with Crippen LogP contribution in [0.1, 0.15) is 12.6 Å². The molecule has 3 nitrogen and oxygen atoms in total. The lowest BCUT2D eigenvalue weighted by Gasteiger charge is -2.02. The highest BCUT2D eigenvalue weighted by atomic mass is 19.4. The average molecular weight is 165 g/mol. The van der Waals surface area contributed by atoms with Gasteiger partial charge >= 0.3 is 6.30 Å². The van der Waals surface area contributed by atoms with Crippen LogP contribution in [-0.4, -0.2) is 15.0 Å². The van der Waals surface area contributed by atoms with Crippen molar-refractivity contribution in [1.29, 1.82) is 0 Å². The molecule has 0 aliphatic heterocycles. The van der Waals surface area contributed by atoms with E-state index in [1.807, 2.05) is 0 Å². The van der Waals surface area contributed by atoms with Gasteiger partial charge in [-0.3, -0.25) is 0 Å². The van der Waals surface area contributed by atoms with E-state index in [0.717, 1.165) is 6.20 Å². The lowest BCUT2D eigenvalue weighted by atomic mass is 10.4. The molecule has 6 heteroatoms. The van der Waals surface area contributed by atoms with Gasteiger partial charge in [-0.2, -0.15) is 4.68 Å². The van der Waals surface area contributed by atoms with Gasteiger partial charge in [0.25, 0.3) is 0 Å². The summed E-state index contributed by atoms with van der Waals surface area (Å²) >= 11 is 0. The van der Waals surface area contributed by atoms with Crippen LogP contribution >= 0.6 is 0 Å². The Morgan fingerprint density at radius 3 is 2.45 bits per heavy atom. The first-order valence-electron chi connectivity index (χ1n) is 3.02. The number of aromatic nitrogens is 3. The summed E-state index contributed by atoms with van der Waals surface area (Å²) < 4.78 is 35.3. The predicted molar refractivity (Wildman–Crippen MR) is 30.7 cm³/mol. The number of aryl methyl sites for hydroxylation is 1. The maximum atomic E-state index is 11.8. The molecule has 62 valence electrons. The van der Waals surface area contributed by atoms with Crippen molar-refractivity contribution in [2.24, 2.45) is 0 Å². The quantitative estimate of drug-likeness (QED) is 0.628. The molecular weight excluding hydrogens is 159 g/mol. The molecule has 0 fully saturated rings. The summed E-state index contributed by atoms with van der Waals surface area (Å²) in [6.07, 6.45) is -3.11. The number of hydrogen-bond donors (Lipinski definition) is 0. The van der Waals surface area contributed by atoms with Crippen molar-refractivity contribution in [2.45, 2.75) is 19.6 Å². The zero-order valence-electron chi connectivity index (χ0n) is 5.76. The average Bonchev–Trinajstić information content (AvgIpc) is 2.32. The van der Waals surface area contributed by atoms with E-state index in [4.69, 9.17) is 0 Å². The van der Waals surface area contributed by atoms with E-state index in [9.17, 15) is 13.2 Å². The Morgan fingerprint density at radius 1 is 1.55 bits per heavy atom. The fraction of sp³-hybridized carbons (Fsp3) is 0.600. The first kappa shape index (κ1) is 8.03. The summed E-state index contributed by atoms with van der Waals surface area (Å²) in [4.78, 5) is 0. The van der Waals surface area contributed by atoms with E-state index in [1.165, 1.54) is 0 Å². The third kappa shape index (κ3) is 1.69. The van der Waals surface area contributed by atoms with E-state index in [1.54, 1.807) is 6.92 Å². The molecule has 0 atom stereocenters. The van der Waals surface area contributed by atoms with Gasteiger partial charge in [0.15, 0.2) is 0 Å². The number of nitrogens with zero attached hydrogens (tertiary/aromatic N) is 3. The van der Waals surface area contributed by atoms with E-state index in [-0.39, 0.29) is 4.68 Å². The lowest BCUT2D eigenvalue weighted by Crippen LogP contribution is -2.17. The first-order chi connectivity index (χ1) is 5.04. The maximum Gasteiger partial charge on any atom is 0.505 e. The van der Waals surface area contributed by atoms with Gasteiger partial charge in [-0.1, -0.05) is 12.1 Å². The predicted octanol–water partition coefficient (Wildman–Crippen LogP) is 1.32. The third-order valence-corrected chi connectivity index (χ3v) is 1.16. The Morgan fingerprint density at radius 2 is 2.18 bits per heavy atom. The van der Waals surface area contributed by atoms with Crippen molar-refractivity contribution in [1.82, 2.24) is 15.0 Å². The summed E-state index contributed by atoms with van der Waals surface area (Å²) in [6.45, 7) is 1.71. The Balaban J connectivity index is 2.89. The zero-order chi connectivity index (χ0) is 8.48. The summed E-state index contributed by atoms with van der Waals surface area (Å²) in [5.74, 6) is 0. The van der Waals surface area contributed by atoms with Crippen LogP contribution in [0.25, 0.3) is 0 Å². The highest BCUT2D eigenvalue weighted by molar-refractivity contribution is 4.91. The SMILES string of the molecule is CCc1cn(C(F)(F)F)nn1. The number of rotatable bonds is 1. The van der Waals surface area contributed by atoms with Gasteiger partial charge in [0.2, 0.25) is 0 Å². The molecule has 0 unspecified atom stereocenters. The molecule has 1 aromatic heterocycles. The minimum atomic E-state index is -4.44. The second kappa shape index (κ2) is 2.52. The molecule has 0 saturated heterocycles. The van der Waals surface area contributed by atoms with Crippen LogP contribution in [0.5, 0.6) is 0 Å². The standard InChI is InChI=1S/C5H6F3N3/c1-2-4-3-11(10-9-4)5(6,7)8/h3H,2H2,1H3. The van der Waals surface area contributed by atoms with Gasteiger partial charge in [-0.05, 0) is 6.42 Å². The van der Waals surface area contributed by atoms with Crippen LogP contribution in [-0.2, 0) is 12.7 Å². The van der Waals surface area contributed by atoms with Crippen LogP contribution in [0.4, 0.5) is 13.2 Å². The number of alkyl halides is 3. The Kier molecular flexibility index (Phi) is 1.84. The van der Waals surface area contributed by atoms with Crippen LogP contribution in [0.3, 0.4) is 0 Å². The van der Waals surface area contributed by atoms with Crippen molar-refractivity contribution in [3.63, 3.8) is 0 Å². The Hall–Kier alpha value is -1.07. The zero-order valence-corrected chi connectivity index (χ0v) is 5.76. The van der Waals surface area contributed by atoms with Gasteiger partial charge in [0, 0.05) is 0 Å². The van der Waals surface area contributed by atoms with Gasteiger partial charge in [-0.15, -0.1) is 18.3 Å². The fourth-order valence-electron chi connectivity index (χ4n) is 0.584. The molecule has 11 heavy (non-hydrogen) atoms. The summed E-state index contributed by atoms with van der Waals surface area (Å²) in [7, 11) is 0. The fourth-order valence-corrected chi connectivity index (χ4v) is 0.584. The summed E-state index contributed by atoms with van der Waals surface area (Å²) in [6, 6.07) is 0. The highest BCUT2D eigenvalue weighted by Gasteiger charge is 2.31. The smallest absolute Gasteiger partial charge is 0.158 e. The first-order valence-corrected chi connectivity index (χ1v) is 3.02. The van der Waals surface area contributed by atoms with Gasteiger partial charge in [0.05, 0.1) is 11.9 Å². The molecular formula is C5H6F3N3. The van der Waals surface area contributed by atoms with Gasteiger partial charge < -0.3 is 0 Å². The van der Waals surface area contributed by atoms with Crippen LogP contribution in [0.2, 0.25) is 0 Å². The molecule has 0 N–H and O–H groups in total. The summed E-state index contributed by atoms with van der Waals surface area (Å²) in [5, 5.41) is 6.19. The lowest BCUT2D eigenvalue weighted by molar-refractivity contribution is -0.213. The van der Waals surface area contributed by atoms with Crippen molar-refractivity contribution >= 4 is 0 Å². The van der Waals surface area contributed by atoms with Crippen molar-refractivity contribution in [3.05, 3.63) is 11.9 Å². The largest absolute Gasteiger partial charge is 0.505 e. The van der Waals surface area contributed by atoms with Crippen LogP contribution in [0.15, 0.2) is 6.20 Å². The molecule has 0 bridgehead atoms. The second-order valence-electron chi connectivity index (χ2n) is 1.98. The van der Waals surface area contributed by atoms with Crippen molar-refractivity contribution < 1.29 is 13.2 Å². The normalized spacial score (nSPS) is 12.0. The maximum absolute atomic E-state index is 11.8. The minimum Gasteiger partial charge on any atom is -0.158 e. The molecule has 1 heterocycles. The monoisotopic (exact) mass is 165 g/mol. The summed E-state index contributed by atoms with van der Waals surface area (Å²) in [5.41, 5.74) is 0.335. The molecule has 0 radical (unpaired) electrons. The van der Waals surface area contributed by atoms with E-state index < -0.39 is 6.30 Å². The second-order valence-corrected chi connectivity index (χ2v) is 1.98. The molecule has 1 aromatic rings. The Labute approximate surface area is 60.8 Å². The third-order valence-electron chi connectivity index (χ3n) is 1.16.